The van der Waals surface area contributed by atoms with E-state index in [9.17, 15) is 0 Å². The Hall–Kier alpha value is -4.18. The van der Waals surface area contributed by atoms with Crippen LogP contribution in [0.25, 0.3) is 11.3 Å². The molecule has 12 atom stereocenters. The van der Waals surface area contributed by atoms with Crippen molar-refractivity contribution in [2.75, 3.05) is 68.1 Å². The number of hydrogen-bond acceptors (Lipinski definition) is 11. The highest BCUT2D eigenvalue weighted by molar-refractivity contribution is 6.31. The molecule has 5 aromatic rings. The van der Waals surface area contributed by atoms with Crippen LogP contribution in [0.2, 0.25) is 10.0 Å². The summed E-state index contributed by atoms with van der Waals surface area (Å²) in [5.41, 5.74) is 4.28. The van der Waals surface area contributed by atoms with Crippen LogP contribution in [-0.4, -0.2) is 162 Å². The van der Waals surface area contributed by atoms with Gasteiger partial charge in [-0.25, -0.2) is 4.98 Å². The average molecular weight is 1090 g/mol. The Balaban J connectivity index is 1.02. The number of Topliss-reactive ketones (excluding diaryl/α,β-unsaturated/α-hetero) is 1. The number of hydrogen-bond donors (Lipinski definition) is 2. The number of imidazole rings is 1. The smallest absolute Gasteiger partial charge is 0.153 e. The van der Waals surface area contributed by atoms with E-state index in [2.05, 4.69) is 162 Å². The van der Waals surface area contributed by atoms with E-state index in [0.717, 1.165) is 110 Å². The number of ether oxygens (including phenoxy) is 2. The molecule has 0 radical (unpaired) electrons. The number of nitrogens with one attached hydrogen (secondary N) is 2. The van der Waals surface area contributed by atoms with Crippen LogP contribution in [0.15, 0.2) is 103 Å². The fourth-order valence-corrected chi connectivity index (χ4v) is 16.5. The van der Waals surface area contributed by atoms with Gasteiger partial charge >= 0.3 is 0 Å². The van der Waals surface area contributed by atoms with Gasteiger partial charge in [0, 0.05) is 103 Å². The summed E-state index contributed by atoms with van der Waals surface area (Å²) in [7, 11) is 13.0. The maximum atomic E-state index is 17.8. The average Bonchev–Trinajstić information content (AvgIpc) is 4.09. The number of piperidine rings is 1. The fourth-order valence-electron chi connectivity index (χ4n) is 16.2. The van der Waals surface area contributed by atoms with Crippen molar-refractivity contribution in [2.24, 2.45) is 23.8 Å². The molecule has 1 saturated carbocycles. The molecule has 412 valence electrons. The summed E-state index contributed by atoms with van der Waals surface area (Å²) in [4.78, 5) is 35.5. The zero-order chi connectivity index (χ0) is 53.8. The monoisotopic (exact) mass is 1080 g/mol. The number of carbonyl (C=O) groups is 1. The maximum absolute atomic E-state index is 17.8. The van der Waals surface area contributed by atoms with Crippen molar-refractivity contribution in [3.63, 3.8) is 0 Å². The lowest BCUT2D eigenvalue weighted by atomic mass is 9.54. The highest BCUT2D eigenvalue weighted by Crippen LogP contribution is 2.63. The number of ketones is 1. The first-order valence-corrected chi connectivity index (χ1v) is 29.5. The zero-order valence-corrected chi connectivity index (χ0v) is 48.3. The third-order valence-electron chi connectivity index (χ3n) is 19.8. The minimum absolute atomic E-state index is 0.0184. The molecule has 11 rings (SSSR count). The molecule has 7 unspecified atom stereocenters. The minimum atomic E-state index is -0.794. The first-order valence-electron chi connectivity index (χ1n) is 28.7. The van der Waals surface area contributed by atoms with Gasteiger partial charge in [-0.2, -0.15) is 0 Å². The predicted octanol–water partition coefficient (Wildman–Crippen LogP) is 9.46. The second-order valence-electron chi connectivity index (χ2n) is 24.1. The normalized spacial score (nSPS) is 31.8. The van der Waals surface area contributed by atoms with Crippen LogP contribution in [0.4, 0.5) is 0 Å². The van der Waals surface area contributed by atoms with Gasteiger partial charge in [-0.15, -0.1) is 0 Å². The van der Waals surface area contributed by atoms with E-state index in [0.29, 0.717) is 24.0 Å². The minimum Gasteiger partial charge on any atom is -0.457 e. The number of methoxy groups -OCH3 is 1. The van der Waals surface area contributed by atoms with Crippen molar-refractivity contribution in [1.29, 1.82) is 0 Å². The number of likely N-dealkylation sites (tertiary alicyclic amines) is 3. The Bertz CT molecular complexity index is 2830. The summed E-state index contributed by atoms with van der Waals surface area (Å²) in [6.07, 6.45) is 9.72. The molecule has 1 aliphatic carbocycles. The van der Waals surface area contributed by atoms with E-state index in [-0.39, 0.29) is 60.3 Å². The van der Waals surface area contributed by atoms with Crippen LogP contribution in [0.1, 0.15) is 74.9 Å². The molecule has 2 bridgehead atoms. The molecule has 0 amide bonds. The number of benzene rings is 4. The summed E-state index contributed by atoms with van der Waals surface area (Å²) in [6.45, 7) is 10.7. The number of rotatable bonds is 17. The van der Waals surface area contributed by atoms with Crippen LogP contribution in [0, 0.1) is 16.7 Å². The van der Waals surface area contributed by atoms with Gasteiger partial charge in [-0.05, 0) is 172 Å². The summed E-state index contributed by atoms with van der Waals surface area (Å²) in [6, 6.07) is 33.7. The molecule has 6 aliphatic rings. The second-order valence-corrected chi connectivity index (χ2v) is 25.0. The molecule has 14 heteroatoms. The number of aromatic nitrogens is 2. The molecule has 12 nitrogen and oxygen atoms in total. The van der Waals surface area contributed by atoms with Crippen LogP contribution < -0.4 is 15.4 Å². The van der Waals surface area contributed by atoms with Crippen LogP contribution >= 0.6 is 23.2 Å². The Kier molecular flexibility index (Phi) is 16.2. The van der Waals surface area contributed by atoms with E-state index >= 15 is 4.79 Å². The number of nitrogens with zero attached hydrogens (tertiary/aromatic N) is 7. The van der Waals surface area contributed by atoms with Gasteiger partial charge in [0.1, 0.15) is 17.3 Å². The van der Waals surface area contributed by atoms with Gasteiger partial charge in [0.15, 0.2) is 5.78 Å². The van der Waals surface area contributed by atoms with E-state index in [1.807, 2.05) is 37.6 Å². The zero-order valence-electron chi connectivity index (χ0n) is 46.8. The van der Waals surface area contributed by atoms with E-state index in [4.69, 9.17) is 37.7 Å². The first-order chi connectivity index (χ1) is 37.2. The molecule has 1 aromatic heterocycles. The first kappa shape index (κ1) is 54.8. The molecule has 5 saturated heterocycles. The van der Waals surface area contributed by atoms with E-state index < -0.39 is 10.8 Å². The molecule has 1 spiro atoms. The fraction of sp³-hybridized carbons (Fsp3) is 0.556. The Morgan fingerprint density at radius 2 is 1.55 bits per heavy atom. The second kappa shape index (κ2) is 22.8. The standard InChI is InChI=1S/C63H83Cl2N9O3/c1-9-62-56-33-46(31-42-15-11-10-12-16-42)59(62)70(5)49(27-30-69(3)4)36-66-55-35-50(32-43-17-22-47(64)23-18-43)71(6)60-52(40-76-8)68-58(63(55,60)61(62)75)41(2)74(56)38-45-19-24-48(65)34-54(45)77-51-25-20-44(21-26-51)53-37-67-57(72(53)7)39-73-28-13-14-29-73/h10-12,15-26,34,37,41,46,49-50,52,55-56,58-60,66,68H,9,13-14,27-33,35-36,38-40H2,1-8H3/t41-,46+,49-,50-,52+,55?,56?,58?,59?,60?,62?,63?/m0/s1. The van der Waals surface area contributed by atoms with Gasteiger partial charge in [-0.1, -0.05) is 78.7 Å². The van der Waals surface area contributed by atoms with Gasteiger partial charge < -0.3 is 29.6 Å². The predicted molar refractivity (Wildman–Crippen MR) is 310 cm³/mol. The molecule has 6 fully saturated rings. The van der Waals surface area contributed by atoms with Crippen LogP contribution in [0.3, 0.4) is 0 Å². The maximum Gasteiger partial charge on any atom is 0.153 e. The lowest BCUT2D eigenvalue weighted by Gasteiger charge is -2.57. The molecule has 5 aliphatic heterocycles. The Morgan fingerprint density at radius 1 is 0.831 bits per heavy atom. The summed E-state index contributed by atoms with van der Waals surface area (Å²) < 4.78 is 15.4. The Morgan fingerprint density at radius 3 is 2.26 bits per heavy atom. The highest BCUT2D eigenvalue weighted by Gasteiger charge is 2.77. The number of halogens is 2. The summed E-state index contributed by atoms with van der Waals surface area (Å²) in [5.74, 6) is 3.21. The van der Waals surface area contributed by atoms with Gasteiger partial charge in [0.05, 0.1) is 35.9 Å². The van der Waals surface area contributed by atoms with Crippen molar-refractivity contribution < 1.29 is 14.3 Å². The number of likely N-dealkylation sites (N-methyl/N-ethyl adjacent to an activating group) is 2. The lowest BCUT2D eigenvalue weighted by Crippen LogP contribution is -2.73. The molecular formula is C63H83Cl2N9O3. The third kappa shape index (κ3) is 10.0. The molecule has 77 heavy (non-hydrogen) atoms. The molecular weight excluding hydrogens is 1000 g/mol. The van der Waals surface area contributed by atoms with Crippen molar-refractivity contribution in [1.82, 2.24) is 44.7 Å². The van der Waals surface area contributed by atoms with Crippen molar-refractivity contribution in [3.8, 4) is 22.8 Å². The van der Waals surface area contributed by atoms with Crippen molar-refractivity contribution in [3.05, 3.63) is 136 Å². The van der Waals surface area contributed by atoms with Crippen LogP contribution in [0.5, 0.6) is 11.5 Å². The third-order valence-corrected chi connectivity index (χ3v) is 20.3. The highest BCUT2D eigenvalue weighted by atomic mass is 35.5. The van der Waals surface area contributed by atoms with E-state index in [1.54, 1.807) is 0 Å². The summed E-state index contributed by atoms with van der Waals surface area (Å²) in [5, 5.41) is 9.99. The lowest BCUT2D eigenvalue weighted by molar-refractivity contribution is -0.154. The van der Waals surface area contributed by atoms with Crippen LogP contribution in [-0.2, 0) is 42.5 Å². The van der Waals surface area contributed by atoms with Gasteiger partial charge in [0.2, 0.25) is 0 Å². The van der Waals surface area contributed by atoms with Crippen molar-refractivity contribution in [2.45, 2.75) is 133 Å². The van der Waals surface area contributed by atoms with Gasteiger partial charge in [0.25, 0.3) is 0 Å². The number of carbonyl (C=O) groups excluding carboxylic acids is 1. The summed E-state index contributed by atoms with van der Waals surface area (Å²) >= 11 is 13.4. The topological polar surface area (TPSA) is 93.6 Å². The quantitative estimate of drug-likeness (QED) is 0.0934. The molecule has 2 N–H and O–H groups in total. The van der Waals surface area contributed by atoms with Crippen molar-refractivity contribution >= 4 is 29.0 Å². The SMILES string of the molecule is CCC12C(=O)C34C5C[C@H](Cc6ccc(Cl)cc6)N(C)C3[C@@H](COC)NC4[C@H](C)N(Cc3ccc(Cl)cc3Oc3ccc(-c4cnc(CN6CCCC6)n4C)cc3)C1C[C@@H](Cc1ccccc1)C2N(C)[C@@H](CCN(C)C)CN5. The van der Waals surface area contributed by atoms with Gasteiger partial charge in [-0.3, -0.25) is 24.4 Å². The molecule has 4 aromatic carbocycles. The molecule has 6 heterocycles. The Labute approximate surface area is 468 Å². The largest absolute Gasteiger partial charge is 0.457 e. The van der Waals surface area contributed by atoms with E-state index in [1.165, 1.54) is 24.0 Å².